The van der Waals surface area contributed by atoms with Crippen LogP contribution in [0.4, 0.5) is 8.78 Å². The zero-order valence-electron chi connectivity index (χ0n) is 11.5. The second kappa shape index (κ2) is 6.47. The molecule has 3 heteroatoms. The SMILES string of the molecule is CCC1CCCC(C(N)Cc2c(F)cccc2F)C1. The maximum atomic E-state index is 13.6. The lowest BCUT2D eigenvalue weighted by Crippen LogP contribution is -2.36. The Morgan fingerprint density at radius 2 is 1.95 bits per heavy atom. The van der Waals surface area contributed by atoms with E-state index in [0.29, 0.717) is 12.3 Å². The van der Waals surface area contributed by atoms with E-state index in [4.69, 9.17) is 5.73 Å². The summed E-state index contributed by atoms with van der Waals surface area (Å²) in [6.45, 7) is 2.20. The Kier molecular flexibility index (Phi) is 4.92. The third-order valence-corrected chi connectivity index (χ3v) is 4.51. The van der Waals surface area contributed by atoms with Crippen LogP contribution < -0.4 is 5.73 Å². The Balaban J connectivity index is 2.02. The predicted octanol–water partition coefficient (Wildman–Crippen LogP) is 4.05. The highest BCUT2D eigenvalue weighted by atomic mass is 19.1. The molecule has 0 bridgehead atoms. The first-order valence-corrected chi connectivity index (χ1v) is 7.30. The van der Waals surface area contributed by atoms with Gasteiger partial charge >= 0.3 is 0 Å². The molecule has 19 heavy (non-hydrogen) atoms. The van der Waals surface area contributed by atoms with Gasteiger partial charge in [0.2, 0.25) is 0 Å². The average molecular weight is 267 g/mol. The van der Waals surface area contributed by atoms with Crippen LogP contribution in [0.25, 0.3) is 0 Å². The smallest absolute Gasteiger partial charge is 0.129 e. The van der Waals surface area contributed by atoms with E-state index in [1.54, 1.807) is 0 Å². The number of nitrogens with two attached hydrogens (primary N) is 1. The molecule has 0 saturated heterocycles. The highest BCUT2D eigenvalue weighted by molar-refractivity contribution is 5.20. The molecule has 0 amide bonds. The average Bonchev–Trinajstić information content (AvgIpc) is 2.43. The minimum Gasteiger partial charge on any atom is -0.327 e. The molecule has 1 aromatic carbocycles. The van der Waals surface area contributed by atoms with E-state index in [1.165, 1.54) is 37.5 Å². The predicted molar refractivity (Wildman–Crippen MR) is 73.8 cm³/mol. The van der Waals surface area contributed by atoms with Gasteiger partial charge in [0.05, 0.1) is 0 Å². The highest BCUT2D eigenvalue weighted by Crippen LogP contribution is 2.33. The van der Waals surface area contributed by atoms with Gasteiger partial charge in [-0.25, -0.2) is 8.78 Å². The van der Waals surface area contributed by atoms with Crippen LogP contribution in [-0.4, -0.2) is 6.04 Å². The van der Waals surface area contributed by atoms with Gasteiger partial charge in [0.25, 0.3) is 0 Å². The van der Waals surface area contributed by atoms with Crippen molar-refractivity contribution in [2.75, 3.05) is 0 Å². The Morgan fingerprint density at radius 3 is 2.58 bits per heavy atom. The van der Waals surface area contributed by atoms with Crippen LogP contribution >= 0.6 is 0 Å². The first-order valence-electron chi connectivity index (χ1n) is 7.30. The number of hydrogen-bond acceptors (Lipinski definition) is 1. The summed E-state index contributed by atoms with van der Waals surface area (Å²) in [5.74, 6) is 0.185. The second-order valence-corrected chi connectivity index (χ2v) is 5.77. The van der Waals surface area contributed by atoms with Crippen LogP contribution in [0.5, 0.6) is 0 Å². The minimum absolute atomic E-state index is 0.138. The molecule has 1 aromatic rings. The van der Waals surface area contributed by atoms with Crippen molar-refractivity contribution < 1.29 is 8.78 Å². The first-order chi connectivity index (χ1) is 9.11. The molecule has 0 heterocycles. The standard InChI is InChI=1S/C16H23F2N/c1-2-11-5-3-6-12(9-11)16(19)10-13-14(17)7-4-8-15(13)18/h4,7-8,11-12,16H,2-3,5-6,9-10,19H2,1H3. The number of rotatable bonds is 4. The summed E-state index contributed by atoms with van der Waals surface area (Å²) in [7, 11) is 0. The molecule has 1 saturated carbocycles. The number of benzene rings is 1. The van der Waals surface area contributed by atoms with Crippen LogP contribution in [0, 0.1) is 23.5 Å². The number of hydrogen-bond donors (Lipinski definition) is 1. The van der Waals surface area contributed by atoms with E-state index in [0.717, 1.165) is 18.8 Å². The summed E-state index contributed by atoms with van der Waals surface area (Å²) < 4.78 is 27.3. The molecule has 106 valence electrons. The summed E-state index contributed by atoms with van der Waals surface area (Å²) in [5, 5.41) is 0. The molecular formula is C16H23F2N. The Morgan fingerprint density at radius 1 is 1.26 bits per heavy atom. The van der Waals surface area contributed by atoms with Crippen molar-refractivity contribution in [3.8, 4) is 0 Å². The van der Waals surface area contributed by atoms with Gasteiger partial charge < -0.3 is 5.73 Å². The van der Waals surface area contributed by atoms with Crippen LogP contribution in [0.1, 0.15) is 44.6 Å². The van der Waals surface area contributed by atoms with Gasteiger partial charge in [0, 0.05) is 11.6 Å². The first kappa shape index (κ1) is 14.4. The van der Waals surface area contributed by atoms with Gasteiger partial charge in [-0.1, -0.05) is 32.3 Å². The van der Waals surface area contributed by atoms with Gasteiger partial charge in [-0.2, -0.15) is 0 Å². The lowest BCUT2D eigenvalue weighted by molar-refractivity contribution is 0.227. The summed E-state index contributed by atoms with van der Waals surface area (Å²) in [4.78, 5) is 0. The Bertz CT molecular complexity index is 399. The zero-order chi connectivity index (χ0) is 13.8. The topological polar surface area (TPSA) is 26.0 Å². The number of halogens is 2. The van der Waals surface area contributed by atoms with Gasteiger partial charge in [-0.05, 0) is 43.2 Å². The van der Waals surface area contributed by atoms with Crippen molar-refractivity contribution in [1.82, 2.24) is 0 Å². The van der Waals surface area contributed by atoms with Crippen LogP contribution in [0.3, 0.4) is 0 Å². The van der Waals surface area contributed by atoms with E-state index in [2.05, 4.69) is 6.92 Å². The van der Waals surface area contributed by atoms with Crippen LogP contribution in [0.2, 0.25) is 0 Å². The molecule has 2 N–H and O–H groups in total. The van der Waals surface area contributed by atoms with Crippen LogP contribution in [-0.2, 0) is 6.42 Å². The molecule has 3 unspecified atom stereocenters. The van der Waals surface area contributed by atoms with Crippen LogP contribution in [0.15, 0.2) is 18.2 Å². The summed E-state index contributed by atoms with van der Waals surface area (Å²) >= 11 is 0. The molecule has 1 nitrogen and oxygen atoms in total. The monoisotopic (exact) mass is 267 g/mol. The lowest BCUT2D eigenvalue weighted by atomic mass is 9.76. The van der Waals surface area contributed by atoms with Gasteiger partial charge in [-0.15, -0.1) is 0 Å². The molecule has 2 rings (SSSR count). The maximum absolute atomic E-state index is 13.6. The van der Waals surface area contributed by atoms with Crippen molar-refractivity contribution >= 4 is 0 Å². The molecule has 0 radical (unpaired) electrons. The second-order valence-electron chi connectivity index (χ2n) is 5.77. The van der Waals surface area contributed by atoms with E-state index in [-0.39, 0.29) is 11.6 Å². The molecule has 1 aliphatic carbocycles. The third kappa shape index (κ3) is 3.53. The fourth-order valence-electron chi connectivity index (χ4n) is 3.22. The van der Waals surface area contributed by atoms with E-state index in [9.17, 15) is 8.78 Å². The van der Waals surface area contributed by atoms with E-state index in [1.807, 2.05) is 0 Å². The normalized spacial score (nSPS) is 25.3. The maximum Gasteiger partial charge on any atom is 0.129 e. The summed E-state index contributed by atoms with van der Waals surface area (Å²) in [6.07, 6.45) is 6.14. The Labute approximate surface area is 114 Å². The molecule has 0 aliphatic heterocycles. The molecule has 3 atom stereocenters. The highest BCUT2D eigenvalue weighted by Gasteiger charge is 2.26. The van der Waals surface area contributed by atoms with Gasteiger partial charge in [-0.3, -0.25) is 0 Å². The summed E-state index contributed by atoms with van der Waals surface area (Å²) in [5.41, 5.74) is 6.35. The minimum atomic E-state index is -0.474. The van der Waals surface area contributed by atoms with Crippen molar-refractivity contribution in [3.05, 3.63) is 35.4 Å². The van der Waals surface area contributed by atoms with Gasteiger partial charge in [0.1, 0.15) is 11.6 Å². The van der Waals surface area contributed by atoms with Crippen molar-refractivity contribution in [1.29, 1.82) is 0 Å². The molecule has 0 spiro atoms. The van der Waals surface area contributed by atoms with Crippen molar-refractivity contribution in [2.45, 2.75) is 51.5 Å². The summed E-state index contributed by atoms with van der Waals surface area (Å²) in [6, 6.07) is 3.87. The fourth-order valence-corrected chi connectivity index (χ4v) is 3.22. The van der Waals surface area contributed by atoms with E-state index >= 15 is 0 Å². The zero-order valence-corrected chi connectivity index (χ0v) is 11.5. The quantitative estimate of drug-likeness (QED) is 0.875. The molecule has 1 fully saturated rings. The fraction of sp³-hybridized carbons (Fsp3) is 0.625. The third-order valence-electron chi connectivity index (χ3n) is 4.51. The van der Waals surface area contributed by atoms with Gasteiger partial charge in [0.15, 0.2) is 0 Å². The van der Waals surface area contributed by atoms with E-state index < -0.39 is 11.6 Å². The molecular weight excluding hydrogens is 244 g/mol. The Hall–Kier alpha value is -0.960. The van der Waals surface area contributed by atoms with Crippen molar-refractivity contribution in [2.24, 2.45) is 17.6 Å². The molecule has 0 aromatic heterocycles. The largest absolute Gasteiger partial charge is 0.327 e. The van der Waals surface area contributed by atoms with Crippen molar-refractivity contribution in [3.63, 3.8) is 0 Å². The lowest BCUT2D eigenvalue weighted by Gasteiger charge is -2.32. The molecule has 1 aliphatic rings.